The topological polar surface area (TPSA) is 155 Å². The third kappa shape index (κ3) is 5.93. The fourth-order valence-corrected chi connectivity index (χ4v) is 1.63. The van der Waals surface area contributed by atoms with Crippen LogP contribution in [0.4, 0.5) is 0 Å². The van der Waals surface area contributed by atoms with Gasteiger partial charge in [-0.1, -0.05) is 0 Å². The van der Waals surface area contributed by atoms with Gasteiger partial charge < -0.3 is 10.2 Å². The number of ketones is 2. The molecule has 0 saturated carbocycles. The predicted octanol–water partition coefficient (Wildman–Crippen LogP) is -1.01. The molecule has 0 aliphatic carbocycles. The van der Waals surface area contributed by atoms with E-state index >= 15 is 0 Å². The Balaban J connectivity index is 0.000000433. The number of aliphatic carboxylic acids is 2. The number of nitrogens with one attached hydrogen (secondary N) is 1. The Bertz CT molecular complexity index is 451. The fourth-order valence-electron chi connectivity index (χ4n) is 1.63. The molecule has 2 unspecified atom stereocenters. The zero-order valence-electron chi connectivity index (χ0n) is 11.4. The number of amides is 2. The predicted molar refractivity (Wildman–Crippen MR) is 66.0 cm³/mol. The third-order valence-corrected chi connectivity index (χ3v) is 2.57. The van der Waals surface area contributed by atoms with Crippen LogP contribution in [0.1, 0.15) is 26.7 Å². The van der Waals surface area contributed by atoms with Crippen molar-refractivity contribution in [1.82, 2.24) is 5.32 Å². The van der Waals surface area contributed by atoms with Crippen molar-refractivity contribution in [2.75, 3.05) is 0 Å². The van der Waals surface area contributed by atoms with Crippen LogP contribution >= 0.6 is 0 Å². The van der Waals surface area contributed by atoms with E-state index in [0.717, 1.165) is 0 Å². The van der Waals surface area contributed by atoms with Gasteiger partial charge in [-0.3, -0.25) is 34.1 Å². The minimum Gasteiger partial charge on any atom is -0.481 e. The Morgan fingerprint density at radius 1 is 0.857 bits per heavy atom. The number of imide groups is 1. The maximum atomic E-state index is 11.0. The van der Waals surface area contributed by atoms with Crippen LogP contribution in [-0.4, -0.2) is 45.5 Å². The molecule has 0 aromatic carbocycles. The van der Waals surface area contributed by atoms with Gasteiger partial charge >= 0.3 is 11.9 Å². The molecule has 2 atom stereocenters. The van der Waals surface area contributed by atoms with E-state index < -0.39 is 47.2 Å². The van der Waals surface area contributed by atoms with Gasteiger partial charge in [0.05, 0.1) is 12.8 Å². The van der Waals surface area contributed by atoms with Gasteiger partial charge in [-0.05, 0) is 13.8 Å². The van der Waals surface area contributed by atoms with E-state index in [1.54, 1.807) is 0 Å². The molecule has 1 aliphatic heterocycles. The van der Waals surface area contributed by atoms with Gasteiger partial charge in [0.1, 0.15) is 23.4 Å². The summed E-state index contributed by atoms with van der Waals surface area (Å²) in [6, 6.07) is 0. The Labute approximate surface area is 119 Å². The number of rotatable bonds is 5. The average molecular weight is 301 g/mol. The number of carbonyl (C=O) groups excluding carboxylic acids is 4. The summed E-state index contributed by atoms with van der Waals surface area (Å²) in [6.07, 6.45) is -0.593. The van der Waals surface area contributed by atoms with Gasteiger partial charge in [0.15, 0.2) is 0 Å². The second-order valence-corrected chi connectivity index (χ2v) is 4.32. The minimum atomic E-state index is -1.12. The van der Waals surface area contributed by atoms with Crippen LogP contribution in [0.3, 0.4) is 0 Å². The molecule has 2 amide bonds. The van der Waals surface area contributed by atoms with E-state index in [-0.39, 0.29) is 12.8 Å². The molecule has 9 heteroatoms. The first-order valence-corrected chi connectivity index (χ1v) is 5.87. The molecule has 1 heterocycles. The normalized spacial score (nSPS) is 20.1. The molecule has 21 heavy (non-hydrogen) atoms. The van der Waals surface area contributed by atoms with Crippen molar-refractivity contribution < 1.29 is 39.0 Å². The van der Waals surface area contributed by atoms with Gasteiger partial charge in [-0.2, -0.15) is 0 Å². The van der Waals surface area contributed by atoms with E-state index in [9.17, 15) is 28.8 Å². The number of carboxylic acids is 2. The molecule has 0 bridgehead atoms. The molecule has 116 valence electrons. The molecule has 1 fully saturated rings. The van der Waals surface area contributed by atoms with E-state index in [1.807, 2.05) is 5.32 Å². The number of carboxylic acid groups (broad SMARTS) is 2. The van der Waals surface area contributed by atoms with Crippen molar-refractivity contribution in [2.24, 2.45) is 11.8 Å². The summed E-state index contributed by atoms with van der Waals surface area (Å²) in [5, 5.41) is 17.8. The van der Waals surface area contributed by atoms with E-state index in [4.69, 9.17) is 10.2 Å². The summed E-state index contributed by atoms with van der Waals surface area (Å²) in [6.45, 7) is 2.39. The van der Waals surface area contributed by atoms with E-state index in [1.165, 1.54) is 13.8 Å². The van der Waals surface area contributed by atoms with E-state index in [2.05, 4.69) is 0 Å². The van der Waals surface area contributed by atoms with Crippen molar-refractivity contribution in [1.29, 1.82) is 0 Å². The second-order valence-electron chi connectivity index (χ2n) is 4.32. The first kappa shape index (κ1) is 18.4. The molecule has 1 aliphatic rings. The molecular weight excluding hydrogens is 286 g/mol. The van der Waals surface area contributed by atoms with Crippen LogP contribution in [0, 0.1) is 11.8 Å². The molecule has 0 spiro atoms. The first-order chi connectivity index (χ1) is 9.57. The van der Waals surface area contributed by atoms with Gasteiger partial charge in [0.2, 0.25) is 11.8 Å². The number of Topliss-reactive ketones (excluding diaryl/α,β-unsaturated/α-hetero) is 2. The fraction of sp³-hybridized carbons (Fsp3) is 0.500. The summed E-state index contributed by atoms with van der Waals surface area (Å²) in [5.74, 6) is -6.64. The lowest BCUT2D eigenvalue weighted by Crippen LogP contribution is -2.29. The third-order valence-electron chi connectivity index (χ3n) is 2.57. The minimum absolute atomic E-state index is 0.296. The number of carbonyl (C=O) groups is 6. The Morgan fingerprint density at radius 2 is 1.14 bits per heavy atom. The average Bonchev–Trinajstić information content (AvgIpc) is 2.62. The van der Waals surface area contributed by atoms with Crippen LogP contribution in [0.2, 0.25) is 0 Å². The molecule has 3 N–H and O–H groups in total. The summed E-state index contributed by atoms with van der Waals surface area (Å²) >= 11 is 0. The first-order valence-electron chi connectivity index (χ1n) is 5.87. The lowest BCUT2D eigenvalue weighted by atomic mass is 9.89. The Hall–Kier alpha value is -2.58. The zero-order chi connectivity index (χ0) is 16.7. The molecule has 9 nitrogen and oxygen atoms in total. The van der Waals surface area contributed by atoms with Crippen molar-refractivity contribution in [2.45, 2.75) is 26.7 Å². The standard InChI is InChI=1S/C8H9NO4.C4H6O4/c1-3(10)5-6(4(2)11)8(13)9-7(5)12;5-3(6)1-2-4(7)8/h5-6H,1-2H3,(H,9,12,13);1-2H2,(H,5,6)(H,7,8). The van der Waals surface area contributed by atoms with Crippen LogP contribution in [0.25, 0.3) is 0 Å². The molecular formula is C12H15NO8. The smallest absolute Gasteiger partial charge is 0.303 e. The highest BCUT2D eigenvalue weighted by Gasteiger charge is 2.46. The largest absolute Gasteiger partial charge is 0.481 e. The summed E-state index contributed by atoms with van der Waals surface area (Å²) < 4.78 is 0. The molecule has 0 radical (unpaired) electrons. The van der Waals surface area contributed by atoms with Gasteiger partial charge in [0.25, 0.3) is 0 Å². The highest BCUT2D eigenvalue weighted by Crippen LogP contribution is 2.20. The summed E-state index contributed by atoms with van der Waals surface area (Å²) in [5.41, 5.74) is 0. The van der Waals surface area contributed by atoms with Crippen LogP contribution in [0.15, 0.2) is 0 Å². The van der Waals surface area contributed by atoms with Gasteiger partial charge in [-0.15, -0.1) is 0 Å². The summed E-state index contributed by atoms with van der Waals surface area (Å²) in [7, 11) is 0. The highest BCUT2D eigenvalue weighted by molar-refractivity contribution is 6.21. The maximum Gasteiger partial charge on any atom is 0.303 e. The van der Waals surface area contributed by atoms with Crippen LogP contribution in [0.5, 0.6) is 0 Å². The molecule has 0 aromatic heterocycles. The summed E-state index contributed by atoms with van der Waals surface area (Å²) in [4.78, 5) is 63.3. The Morgan fingerprint density at radius 3 is 1.33 bits per heavy atom. The number of hydrogen-bond acceptors (Lipinski definition) is 6. The number of hydrogen-bond donors (Lipinski definition) is 3. The molecule has 0 aromatic rings. The highest BCUT2D eigenvalue weighted by atomic mass is 16.4. The van der Waals surface area contributed by atoms with Gasteiger partial charge in [0, 0.05) is 0 Å². The van der Waals surface area contributed by atoms with Crippen molar-refractivity contribution in [3.05, 3.63) is 0 Å². The van der Waals surface area contributed by atoms with Gasteiger partial charge in [-0.25, -0.2) is 0 Å². The van der Waals surface area contributed by atoms with Crippen molar-refractivity contribution >= 4 is 35.3 Å². The SMILES string of the molecule is CC(=O)C1C(=O)NC(=O)C1C(C)=O.O=C(O)CCC(=O)O. The molecule has 1 rings (SSSR count). The van der Waals surface area contributed by atoms with Crippen molar-refractivity contribution in [3.63, 3.8) is 0 Å². The quantitative estimate of drug-likeness (QED) is 0.431. The lowest BCUT2D eigenvalue weighted by Gasteiger charge is -2.07. The monoisotopic (exact) mass is 301 g/mol. The van der Waals surface area contributed by atoms with Crippen molar-refractivity contribution in [3.8, 4) is 0 Å². The zero-order valence-corrected chi connectivity index (χ0v) is 11.4. The van der Waals surface area contributed by atoms with Crippen LogP contribution in [-0.2, 0) is 28.8 Å². The van der Waals surface area contributed by atoms with E-state index in [0.29, 0.717) is 0 Å². The lowest BCUT2D eigenvalue weighted by molar-refractivity contribution is -0.143. The Kier molecular flexibility index (Phi) is 6.91. The maximum absolute atomic E-state index is 11.0. The second kappa shape index (κ2) is 7.88. The molecule has 1 saturated heterocycles. The van der Waals surface area contributed by atoms with Crippen LogP contribution < -0.4 is 5.32 Å².